The Bertz CT molecular complexity index is 766. The molecule has 0 bridgehead atoms. The summed E-state index contributed by atoms with van der Waals surface area (Å²) in [4.78, 5) is 0. The SMILES string of the molecule is Cc1cc(CS(=O)(=O)N[C@@H]2[C@@H](c3ccccc3)C2(C)C)on1. The van der Waals surface area contributed by atoms with E-state index in [2.05, 4.69) is 23.7 Å². The van der Waals surface area contributed by atoms with Gasteiger partial charge in [-0.2, -0.15) is 0 Å². The van der Waals surface area contributed by atoms with Gasteiger partial charge in [0.2, 0.25) is 10.0 Å². The van der Waals surface area contributed by atoms with Crippen LogP contribution in [0.15, 0.2) is 40.9 Å². The van der Waals surface area contributed by atoms with Crippen molar-refractivity contribution >= 4 is 10.0 Å². The number of rotatable bonds is 5. The Labute approximate surface area is 130 Å². The van der Waals surface area contributed by atoms with Gasteiger partial charge in [-0.1, -0.05) is 49.3 Å². The Hall–Kier alpha value is -1.66. The predicted octanol–water partition coefficient (Wildman–Crippen LogP) is 2.59. The molecule has 0 radical (unpaired) electrons. The summed E-state index contributed by atoms with van der Waals surface area (Å²) in [6.07, 6.45) is 0. The molecular weight excluding hydrogens is 300 g/mol. The van der Waals surface area contributed by atoms with E-state index in [9.17, 15) is 8.42 Å². The number of hydrogen-bond donors (Lipinski definition) is 1. The van der Waals surface area contributed by atoms with E-state index < -0.39 is 10.0 Å². The van der Waals surface area contributed by atoms with Gasteiger partial charge in [0, 0.05) is 18.0 Å². The lowest BCUT2D eigenvalue weighted by atomic mass is 10.0. The van der Waals surface area contributed by atoms with Crippen LogP contribution < -0.4 is 4.72 Å². The predicted molar refractivity (Wildman–Crippen MR) is 83.8 cm³/mol. The Morgan fingerprint density at radius 1 is 1.27 bits per heavy atom. The van der Waals surface area contributed by atoms with E-state index in [4.69, 9.17) is 4.52 Å². The van der Waals surface area contributed by atoms with Crippen LogP contribution in [0.1, 0.15) is 36.8 Å². The Morgan fingerprint density at radius 2 is 1.95 bits per heavy atom. The molecule has 1 aromatic heterocycles. The molecule has 1 N–H and O–H groups in total. The molecule has 22 heavy (non-hydrogen) atoms. The Kier molecular flexibility index (Phi) is 3.61. The number of nitrogens with one attached hydrogen (secondary N) is 1. The molecule has 6 heteroatoms. The van der Waals surface area contributed by atoms with Gasteiger partial charge in [0.25, 0.3) is 0 Å². The van der Waals surface area contributed by atoms with E-state index in [1.807, 2.05) is 30.3 Å². The van der Waals surface area contributed by atoms with Crippen molar-refractivity contribution in [1.29, 1.82) is 0 Å². The van der Waals surface area contributed by atoms with E-state index in [-0.39, 0.29) is 23.1 Å². The number of aromatic nitrogens is 1. The van der Waals surface area contributed by atoms with Crippen molar-refractivity contribution in [2.24, 2.45) is 5.41 Å². The summed E-state index contributed by atoms with van der Waals surface area (Å²) in [5, 5.41) is 3.72. The van der Waals surface area contributed by atoms with Gasteiger partial charge >= 0.3 is 0 Å². The standard InChI is InChI=1S/C16H20N2O3S/c1-11-9-13(21-17-11)10-22(19,20)18-15-14(16(15,2)3)12-7-5-4-6-8-12/h4-9,14-15,18H,10H2,1-3H3/t14-,15-/m1/s1. The summed E-state index contributed by atoms with van der Waals surface area (Å²) >= 11 is 0. The van der Waals surface area contributed by atoms with Crippen LogP contribution in [0.2, 0.25) is 0 Å². The zero-order valence-electron chi connectivity index (χ0n) is 12.9. The molecule has 2 aromatic rings. The molecule has 1 aliphatic carbocycles. The normalized spacial score (nSPS) is 23.4. The van der Waals surface area contributed by atoms with E-state index in [0.29, 0.717) is 11.5 Å². The number of hydrogen-bond acceptors (Lipinski definition) is 4. The molecule has 0 saturated heterocycles. The average Bonchev–Trinajstić information content (AvgIpc) is 2.76. The first-order valence-electron chi connectivity index (χ1n) is 7.27. The van der Waals surface area contributed by atoms with Gasteiger partial charge in [-0.25, -0.2) is 13.1 Å². The number of sulfonamides is 1. The molecular formula is C16H20N2O3S. The second kappa shape index (κ2) is 5.21. The minimum atomic E-state index is -3.45. The van der Waals surface area contributed by atoms with Crippen LogP contribution >= 0.6 is 0 Å². The number of aryl methyl sites for hydroxylation is 1. The second-order valence-electron chi connectivity index (χ2n) is 6.50. The maximum atomic E-state index is 12.3. The molecule has 1 heterocycles. The smallest absolute Gasteiger partial charge is 0.219 e. The maximum Gasteiger partial charge on any atom is 0.219 e. The molecule has 118 valence electrons. The first kappa shape index (κ1) is 15.2. The molecule has 1 saturated carbocycles. The summed E-state index contributed by atoms with van der Waals surface area (Å²) in [5.74, 6) is 0.377. The minimum absolute atomic E-state index is 0.0915. The summed E-state index contributed by atoms with van der Waals surface area (Å²) in [6, 6.07) is 11.6. The lowest BCUT2D eigenvalue weighted by Gasteiger charge is -2.05. The molecule has 1 aromatic carbocycles. The van der Waals surface area contributed by atoms with Gasteiger partial charge in [0.1, 0.15) is 5.75 Å². The highest BCUT2D eigenvalue weighted by Crippen LogP contribution is 2.58. The highest BCUT2D eigenvalue weighted by atomic mass is 32.2. The second-order valence-corrected chi connectivity index (χ2v) is 8.25. The van der Waals surface area contributed by atoms with E-state index >= 15 is 0 Å². The fourth-order valence-electron chi connectivity index (χ4n) is 3.05. The molecule has 2 atom stereocenters. The lowest BCUT2D eigenvalue weighted by Crippen LogP contribution is -2.30. The van der Waals surface area contributed by atoms with Crippen molar-refractivity contribution in [3.63, 3.8) is 0 Å². The third-order valence-corrected chi connectivity index (χ3v) is 5.58. The summed E-state index contributed by atoms with van der Waals surface area (Å²) in [7, 11) is -3.45. The summed E-state index contributed by atoms with van der Waals surface area (Å²) < 4.78 is 32.5. The van der Waals surface area contributed by atoms with Gasteiger partial charge in [0.15, 0.2) is 5.76 Å². The quantitative estimate of drug-likeness (QED) is 0.919. The van der Waals surface area contributed by atoms with Crippen LogP contribution in [0.5, 0.6) is 0 Å². The van der Waals surface area contributed by atoms with Crippen LogP contribution in [0.4, 0.5) is 0 Å². The van der Waals surface area contributed by atoms with Crippen molar-refractivity contribution < 1.29 is 12.9 Å². The zero-order chi connectivity index (χ0) is 16.0. The van der Waals surface area contributed by atoms with E-state index in [1.54, 1.807) is 13.0 Å². The fourth-order valence-corrected chi connectivity index (χ4v) is 4.47. The molecule has 5 nitrogen and oxygen atoms in total. The topological polar surface area (TPSA) is 72.2 Å². The summed E-state index contributed by atoms with van der Waals surface area (Å²) in [6.45, 7) is 5.93. The fraction of sp³-hybridized carbons (Fsp3) is 0.438. The first-order chi connectivity index (χ1) is 10.3. The van der Waals surface area contributed by atoms with Gasteiger partial charge in [-0.05, 0) is 17.9 Å². The molecule has 1 fully saturated rings. The van der Waals surface area contributed by atoms with Crippen LogP contribution in [0, 0.1) is 12.3 Å². The van der Waals surface area contributed by atoms with Crippen LogP contribution in [-0.2, 0) is 15.8 Å². The lowest BCUT2D eigenvalue weighted by molar-refractivity contribution is 0.388. The minimum Gasteiger partial charge on any atom is -0.360 e. The first-order valence-corrected chi connectivity index (χ1v) is 8.92. The van der Waals surface area contributed by atoms with Crippen molar-refractivity contribution in [2.45, 2.75) is 38.5 Å². The summed E-state index contributed by atoms with van der Waals surface area (Å²) in [5.41, 5.74) is 1.75. The highest BCUT2D eigenvalue weighted by Gasteiger charge is 2.59. The van der Waals surface area contributed by atoms with Gasteiger partial charge < -0.3 is 4.52 Å². The van der Waals surface area contributed by atoms with Crippen LogP contribution in [0.3, 0.4) is 0 Å². The van der Waals surface area contributed by atoms with Crippen molar-refractivity contribution in [3.8, 4) is 0 Å². The van der Waals surface area contributed by atoms with Gasteiger partial charge in [0.05, 0.1) is 5.69 Å². The molecule has 0 aliphatic heterocycles. The Balaban J connectivity index is 1.73. The molecule has 3 rings (SSSR count). The van der Waals surface area contributed by atoms with Gasteiger partial charge in [-0.15, -0.1) is 0 Å². The highest BCUT2D eigenvalue weighted by molar-refractivity contribution is 7.88. The number of nitrogens with zero attached hydrogens (tertiary/aromatic N) is 1. The monoisotopic (exact) mass is 320 g/mol. The van der Waals surface area contributed by atoms with E-state index in [1.165, 1.54) is 0 Å². The Morgan fingerprint density at radius 3 is 2.55 bits per heavy atom. The van der Waals surface area contributed by atoms with Crippen molar-refractivity contribution in [1.82, 2.24) is 9.88 Å². The average molecular weight is 320 g/mol. The largest absolute Gasteiger partial charge is 0.360 e. The molecule has 0 spiro atoms. The molecule has 0 unspecified atom stereocenters. The number of benzene rings is 1. The third-order valence-electron chi connectivity index (χ3n) is 4.30. The van der Waals surface area contributed by atoms with Crippen LogP contribution in [-0.4, -0.2) is 19.6 Å². The molecule has 0 amide bonds. The van der Waals surface area contributed by atoms with Gasteiger partial charge in [-0.3, -0.25) is 0 Å². The maximum absolute atomic E-state index is 12.3. The zero-order valence-corrected chi connectivity index (χ0v) is 13.7. The van der Waals surface area contributed by atoms with E-state index in [0.717, 1.165) is 5.56 Å². The van der Waals surface area contributed by atoms with Crippen LogP contribution in [0.25, 0.3) is 0 Å². The third kappa shape index (κ3) is 2.94. The van der Waals surface area contributed by atoms with Crippen molar-refractivity contribution in [3.05, 3.63) is 53.4 Å². The molecule has 1 aliphatic rings. The van der Waals surface area contributed by atoms with Crippen molar-refractivity contribution in [2.75, 3.05) is 0 Å².